The van der Waals surface area contributed by atoms with E-state index >= 15 is 0 Å². The van der Waals surface area contributed by atoms with Crippen molar-refractivity contribution >= 4 is 38.4 Å². The van der Waals surface area contributed by atoms with Crippen molar-refractivity contribution < 1.29 is 4.39 Å². The molecule has 5 nitrogen and oxygen atoms in total. The number of aromatic amines is 1. The van der Waals surface area contributed by atoms with Crippen LogP contribution in [0.4, 0.5) is 10.2 Å². The van der Waals surface area contributed by atoms with Crippen molar-refractivity contribution in [1.82, 2.24) is 19.9 Å². The van der Waals surface area contributed by atoms with E-state index in [0.29, 0.717) is 12.1 Å². The Kier molecular flexibility index (Phi) is 3.42. The molecule has 116 valence electrons. The fourth-order valence-corrected chi connectivity index (χ4v) is 3.44. The van der Waals surface area contributed by atoms with E-state index in [2.05, 4.69) is 38.2 Å². The first-order valence-corrected chi connectivity index (χ1v) is 8.16. The summed E-state index contributed by atoms with van der Waals surface area (Å²) < 4.78 is 13.2. The Morgan fingerprint density at radius 1 is 1.26 bits per heavy atom. The van der Waals surface area contributed by atoms with E-state index in [1.807, 2.05) is 0 Å². The van der Waals surface area contributed by atoms with Gasteiger partial charge in [-0.05, 0) is 30.7 Å². The first-order valence-electron chi connectivity index (χ1n) is 7.34. The average Bonchev–Trinajstić information content (AvgIpc) is 3.15. The molecule has 0 saturated carbocycles. The summed E-state index contributed by atoms with van der Waals surface area (Å²) in [6, 6.07) is 6.64. The highest BCUT2D eigenvalue weighted by Gasteiger charge is 2.09. The van der Waals surface area contributed by atoms with Crippen LogP contribution in [0.25, 0.3) is 21.3 Å². The molecule has 7 heteroatoms. The number of nitrogens with zero attached hydrogens (tertiary/aromatic N) is 3. The molecular weight excluding hydrogens is 313 g/mol. The second-order valence-electron chi connectivity index (χ2n) is 5.21. The third kappa shape index (κ3) is 2.63. The zero-order chi connectivity index (χ0) is 15.8. The summed E-state index contributed by atoms with van der Waals surface area (Å²) in [6.07, 6.45) is 2.55. The smallest absolute Gasteiger partial charge is 0.138 e. The van der Waals surface area contributed by atoms with Crippen LogP contribution in [-0.4, -0.2) is 19.9 Å². The highest BCUT2D eigenvalue weighted by atomic mass is 32.1. The second-order valence-corrected chi connectivity index (χ2v) is 6.32. The fourth-order valence-electron chi connectivity index (χ4n) is 2.51. The van der Waals surface area contributed by atoms with Crippen molar-refractivity contribution in [1.29, 1.82) is 0 Å². The second kappa shape index (κ2) is 5.58. The molecule has 1 aromatic carbocycles. The quantitative estimate of drug-likeness (QED) is 0.597. The van der Waals surface area contributed by atoms with Crippen molar-refractivity contribution in [3.8, 4) is 0 Å². The summed E-state index contributed by atoms with van der Waals surface area (Å²) in [5.41, 5.74) is 1.44. The lowest BCUT2D eigenvalue weighted by atomic mass is 10.3. The van der Waals surface area contributed by atoms with Crippen LogP contribution in [0.1, 0.15) is 17.6 Å². The fraction of sp³-hybridized carbons (Fsp3) is 0.188. The molecule has 4 rings (SSSR count). The molecule has 0 atom stereocenters. The van der Waals surface area contributed by atoms with Crippen molar-refractivity contribution in [3.63, 3.8) is 0 Å². The van der Waals surface area contributed by atoms with Gasteiger partial charge in [0, 0.05) is 4.88 Å². The number of benzene rings is 1. The Bertz CT molecular complexity index is 991. The molecule has 0 saturated heterocycles. The van der Waals surface area contributed by atoms with Crippen molar-refractivity contribution in [2.75, 3.05) is 5.32 Å². The number of anilines is 1. The zero-order valence-corrected chi connectivity index (χ0v) is 13.2. The predicted octanol–water partition coefficient (Wildman–Crippen LogP) is 3.88. The van der Waals surface area contributed by atoms with Gasteiger partial charge in [0.25, 0.3) is 0 Å². The standard InChI is InChI=1S/C16H14FN5S/c1-2-10-6-11-15(19-8-20-16(11)23-10)18-7-14-21-12-4-3-9(17)5-13(12)22-14/h3-6,8H,2,7H2,1H3,(H,21,22)(H,18,19,20). The van der Waals surface area contributed by atoms with Gasteiger partial charge in [-0.25, -0.2) is 19.3 Å². The molecule has 3 aromatic heterocycles. The van der Waals surface area contributed by atoms with E-state index in [9.17, 15) is 4.39 Å². The molecule has 4 aromatic rings. The van der Waals surface area contributed by atoms with Gasteiger partial charge >= 0.3 is 0 Å². The van der Waals surface area contributed by atoms with E-state index in [1.54, 1.807) is 23.7 Å². The number of nitrogens with one attached hydrogen (secondary N) is 2. The lowest BCUT2D eigenvalue weighted by Crippen LogP contribution is -2.03. The van der Waals surface area contributed by atoms with Crippen LogP contribution >= 0.6 is 11.3 Å². The number of thiophene rings is 1. The topological polar surface area (TPSA) is 66.5 Å². The minimum atomic E-state index is -0.275. The monoisotopic (exact) mass is 327 g/mol. The third-order valence-electron chi connectivity index (χ3n) is 3.65. The predicted molar refractivity (Wildman–Crippen MR) is 90.2 cm³/mol. The number of rotatable bonds is 4. The summed E-state index contributed by atoms with van der Waals surface area (Å²) in [5, 5.41) is 4.31. The van der Waals surface area contributed by atoms with Crippen LogP contribution in [0.2, 0.25) is 0 Å². The Morgan fingerprint density at radius 2 is 2.17 bits per heavy atom. The Labute approximate surface area is 135 Å². The van der Waals surface area contributed by atoms with Gasteiger partial charge in [0.2, 0.25) is 0 Å². The number of aryl methyl sites for hydroxylation is 1. The molecule has 23 heavy (non-hydrogen) atoms. The Morgan fingerprint density at radius 3 is 3.04 bits per heavy atom. The molecule has 0 bridgehead atoms. The van der Waals surface area contributed by atoms with Crippen LogP contribution in [0.15, 0.2) is 30.6 Å². The first-order chi connectivity index (χ1) is 11.2. The van der Waals surface area contributed by atoms with Gasteiger partial charge in [-0.2, -0.15) is 0 Å². The maximum atomic E-state index is 13.2. The summed E-state index contributed by atoms with van der Waals surface area (Å²) in [7, 11) is 0. The van der Waals surface area contributed by atoms with E-state index in [4.69, 9.17) is 0 Å². The molecule has 0 spiro atoms. The number of halogens is 1. The highest BCUT2D eigenvalue weighted by Crippen LogP contribution is 2.28. The van der Waals surface area contributed by atoms with E-state index in [-0.39, 0.29) is 5.82 Å². The number of aromatic nitrogens is 4. The molecule has 0 fully saturated rings. The normalized spacial score (nSPS) is 11.4. The van der Waals surface area contributed by atoms with Gasteiger partial charge < -0.3 is 10.3 Å². The van der Waals surface area contributed by atoms with Gasteiger partial charge in [0.1, 0.15) is 28.6 Å². The van der Waals surface area contributed by atoms with Crippen LogP contribution in [0.3, 0.4) is 0 Å². The van der Waals surface area contributed by atoms with Crippen LogP contribution in [-0.2, 0) is 13.0 Å². The third-order valence-corrected chi connectivity index (χ3v) is 4.83. The van der Waals surface area contributed by atoms with Gasteiger partial charge in [0.15, 0.2) is 0 Å². The maximum absolute atomic E-state index is 13.2. The molecule has 0 aliphatic carbocycles. The molecular formula is C16H14FN5S. The van der Waals surface area contributed by atoms with Crippen molar-refractivity contribution in [2.24, 2.45) is 0 Å². The van der Waals surface area contributed by atoms with Crippen molar-refractivity contribution in [2.45, 2.75) is 19.9 Å². The van der Waals surface area contributed by atoms with Gasteiger partial charge in [-0.1, -0.05) is 6.92 Å². The first kappa shape index (κ1) is 14.1. The molecule has 0 amide bonds. The zero-order valence-electron chi connectivity index (χ0n) is 12.4. The lowest BCUT2D eigenvalue weighted by molar-refractivity contribution is 0.629. The molecule has 2 N–H and O–H groups in total. The van der Waals surface area contributed by atoms with Gasteiger partial charge in [-0.15, -0.1) is 11.3 Å². The van der Waals surface area contributed by atoms with E-state index in [0.717, 1.165) is 33.8 Å². The molecule has 0 radical (unpaired) electrons. The molecule has 0 aliphatic heterocycles. The summed E-state index contributed by atoms with van der Waals surface area (Å²) in [5.74, 6) is 1.25. The minimum absolute atomic E-state index is 0.275. The summed E-state index contributed by atoms with van der Waals surface area (Å²) >= 11 is 1.68. The number of hydrogen-bond acceptors (Lipinski definition) is 5. The summed E-state index contributed by atoms with van der Waals surface area (Å²) in [4.78, 5) is 18.5. The van der Waals surface area contributed by atoms with E-state index < -0.39 is 0 Å². The SMILES string of the molecule is CCc1cc2c(NCc3nc4ccc(F)cc4[nH]3)ncnc2s1. The van der Waals surface area contributed by atoms with E-state index in [1.165, 1.54) is 17.0 Å². The largest absolute Gasteiger partial charge is 0.362 e. The Balaban J connectivity index is 1.61. The number of imidazole rings is 1. The summed E-state index contributed by atoms with van der Waals surface area (Å²) in [6.45, 7) is 2.61. The Hall–Kier alpha value is -2.54. The highest BCUT2D eigenvalue weighted by molar-refractivity contribution is 7.18. The number of hydrogen-bond donors (Lipinski definition) is 2. The molecule has 0 unspecified atom stereocenters. The molecule has 0 aliphatic rings. The minimum Gasteiger partial charge on any atom is -0.362 e. The van der Waals surface area contributed by atoms with Crippen LogP contribution in [0, 0.1) is 5.82 Å². The maximum Gasteiger partial charge on any atom is 0.138 e. The van der Waals surface area contributed by atoms with Gasteiger partial charge in [-0.3, -0.25) is 0 Å². The lowest BCUT2D eigenvalue weighted by Gasteiger charge is -2.03. The van der Waals surface area contributed by atoms with Crippen molar-refractivity contribution in [3.05, 3.63) is 47.1 Å². The van der Waals surface area contributed by atoms with Gasteiger partial charge in [0.05, 0.1) is 23.0 Å². The average molecular weight is 327 g/mol. The number of H-pyrrole nitrogens is 1. The van der Waals surface area contributed by atoms with Crippen LogP contribution in [0.5, 0.6) is 0 Å². The van der Waals surface area contributed by atoms with Crippen LogP contribution < -0.4 is 5.32 Å². The number of fused-ring (bicyclic) bond motifs is 2. The molecule has 3 heterocycles.